The summed E-state index contributed by atoms with van der Waals surface area (Å²) in [6.45, 7) is 0.295. The highest BCUT2D eigenvalue weighted by Crippen LogP contribution is 2.19. The van der Waals surface area contributed by atoms with Crippen LogP contribution in [0.25, 0.3) is 11.1 Å². The van der Waals surface area contributed by atoms with Gasteiger partial charge >= 0.3 is 5.69 Å². The molecule has 1 aromatic heterocycles. The first-order valence-corrected chi connectivity index (χ1v) is 7.44. The van der Waals surface area contributed by atoms with E-state index in [-0.39, 0.29) is 4.60 Å². The van der Waals surface area contributed by atoms with Gasteiger partial charge in [0, 0.05) is 0 Å². The predicted octanol–water partition coefficient (Wildman–Crippen LogP) is 2.41. The fourth-order valence-electron chi connectivity index (χ4n) is 2.12. The van der Waals surface area contributed by atoms with Crippen LogP contribution in [0.4, 0.5) is 0 Å². The summed E-state index contributed by atoms with van der Waals surface area (Å²) in [7, 11) is 0. The Labute approximate surface area is 134 Å². The molecule has 2 aromatic carbocycles. The standard InChI is InChI=1S/C16H12BrN3O2/c17-14-15(21)18-16(22)20(19-14)10-11-6-8-13(9-7-11)12-4-2-1-3-5-12/h1-9H,10H2,(H,18,21,22). The van der Waals surface area contributed by atoms with Gasteiger partial charge in [-0.3, -0.25) is 9.78 Å². The summed E-state index contributed by atoms with van der Waals surface area (Å²) < 4.78 is 1.30. The Morgan fingerprint density at radius 2 is 1.59 bits per heavy atom. The molecule has 0 atom stereocenters. The highest BCUT2D eigenvalue weighted by Gasteiger charge is 2.05. The van der Waals surface area contributed by atoms with Gasteiger partial charge in [-0.05, 0) is 32.6 Å². The molecule has 0 saturated carbocycles. The number of H-pyrrole nitrogens is 1. The molecule has 0 saturated heterocycles. The average Bonchev–Trinajstić information content (AvgIpc) is 2.54. The molecular weight excluding hydrogens is 346 g/mol. The fraction of sp³-hybridized carbons (Fsp3) is 0.0625. The van der Waals surface area contributed by atoms with Crippen molar-refractivity contribution < 1.29 is 0 Å². The lowest BCUT2D eigenvalue weighted by Gasteiger charge is -2.06. The second kappa shape index (κ2) is 6.11. The normalized spacial score (nSPS) is 10.6. The predicted molar refractivity (Wildman–Crippen MR) is 87.8 cm³/mol. The van der Waals surface area contributed by atoms with Gasteiger partial charge in [-0.2, -0.15) is 5.10 Å². The maximum Gasteiger partial charge on any atom is 0.345 e. The molecule has 0 unspecified atom stereocenters. The smallest absolute Gasteiger partial charge is 0.270 e. The van der Waals surface area contributed by atoms with Crippen LogP contribution in [-0.2, 0) is 6.54 Å². The van der Waals surface area contributed by atoms with Gasteiger partial charge in [-0.1, -0.05) is 54.6 Å². The molecule has 0 amide bonds. The molecule has 5 nitrogen and oxygen atoms in total. The zero-order chi connectivity index (χ0) is 15.5. The lowest BCUT2D eigenvalue weighted by molar-refractivity contribution is 0.599. The minimum absolute atomic E-state index is 0.0907. The molecule has 0 bridgehead atoms. The van der Waals surface area contributed by atoms with Gasteiger partial charge in [0.25, 0.3) is 5.56 Å². The summed E-state index contributed by atoms with van der Waals surface area (Å²) in [6.07, 6.45) is 0. The number of rotatable bonds is 3. The second-order valence-corrected chi connectivity index (χ2v) is 5.52. The van der Waals surface area contributed by atoms with Crippen LogP contribution in [-0.4, -0.2) is 14.8 Å². The summed E-state index contributed by atoms with van der Waals surface area (Å²) in [6, 6.07) is 17.9. The molecule has 0 spiro atoms. The van der Waals surface area contributed by atoms with Crippen LogP contribution in [0.1, 0.15) is 5.56 Å². The van der Waals surface area contributed by atoms with E-state index in [0.717, 1.165) is 16.7 Å². The molecule has 0 fully saturated rings. The third-order valence-corrected chi connectivity index (χ3v) is 3.76. The van der Waals surface area contributed by atoms with Gasteiger partial charge in [0.05, 0.1) is 6.54 Å². The Hall–Kier alpha value is -2.47. The lowest BCUT2D eigenvalue weighted by atomic mass is 10.0. The third kappa shape index (κ3) is 3.07. The monoisotopic (exact) mass is 357 g/mol. The van der Waals surface area contributed by atoms with Gasteiger partial charge in [0.2, 0.25) is 0 Å². The van der Waals surface area contributed by atoms with Gasteiger partial charge in [-0.15, -0.1) is 0 Å². The highest BCUT2D eigenvalue weighted by atomic mass is 79.9. The molecule has 0 radical (unpaired) electrons. The minimum Gasteiger partial charge on any atom is -0.270 e. The van der Waals surface area contributed by atoms with E-state index in [9.17, 15) is 9.59 Å². The first-order valence-electron chi connectivity index (χ1n) is 6.65. The van der Waals surface area contributed by atoms with Gasteiger partial charge in [0.15, 0.2) is 4.60 Å². The van der Waals surface area contributed by atoms with E-state index in [2.05, 4.69) is 26.0 Å². The van der Waals surface area contributed by atoms with Crippen molar-refractivity contribution in [3.63, 3.8) is 0 Å². The summed E-state index contributed by atoms with van der Waals surface area (Å²) in [5.41, 5.74) is 2.11. The number of hydrogen-bond donors (Lipinski definition) is 1. The molecule has 3 rings (SSSR count). The maximum absolute atomic E-state index is 11.7. The van der Waals surface area contributed by atoms with Gasteiger partial charge in [-0.25, -0.2) is 9.48 Å². The molecule has 1 heterocycles. The molecular formula is C16H12BrN3O2. The zero-order valence-electron chi connectivity index (χ0n) is 11.5. The van der Waals surface area contributed by atoms with Crippen LogP contribution in [0.3, 0.4) is 0 Å². The average molecular weight is 358 g/mol. The number of halogens is 1. The maximum atomic E-state index is 11.7. The number of hydrogen-bond acceptors (Lipinski definition) is 3. The summed E-state index contributed by atoms with van der Waals surface area (Å²) in [4.78, 5) is 25.2. The Balaban J connectivity index is 1.87. The Kier molecular flexibility index (Phi) is 4.02. The molecule has 22 heavy (non-hydrogen) atoms. The van der Waals surface area contributed by atoms with E-state index < -0.39 is 11.2 Å². The quantitative estimate of drug-likeness (QED) is 0.782. The van der Waals surface area contributed by atoms with E-state index in [0.29, 0.717) is 6.54 Å². The van der Waals surface area contributed by atoms with Crippen LogP contribution >= 0.6 is 15.9 Å². The van der Waals surface area contributed by atoms with Crippen LogP contribution in [0, 0.1) is 0 Å². The SMILES string of the molecule is O=c1[nH]c(=O)n(Cc2ccc(-c3ccccc3)cc2)nc1Br. The second-order valence-electron chi connectivity index (χ2n) is 4.77. The van der Waals surface area contributed by atoms with Gasteiger partial charge < -0.3 is 0 Å². The number of nitrogens with one attached hydrogen (secondary N) is 1. The molecule has 3 aromatic rings. The summed E-state index contributed by atoms with van der Waals surface area (Å²) in [5, 5.41) is 3.93. The van der Waals surface area contributed by atoms with Crippen molar-refractivity contribution in [1.82, 2.24) is 14.8 Å². The van der Waals surface area contributed by atoms with Crippen molar-refractivity contribution in [2.45, 2.75) is 6.54 Å². The molecule has 0 aliphatic rings. The van der Waals surface area contributed by atoms with Crippen LogP contribution in [0.5, 0.6) is 0 Å². The molecule has 0 aliphatic heterocycles. The van der Waals surface area contributed by atoms with E-state index >= 15 is 0 Å². The summed E-state index contributed by atoms with van der Waals surface area (Å²) >= 11 is 3.02. The van der Waals surface area contributed by atoms with Crippen LogP contribution in [0.15, 0.2) is 68.8 Å². The largest absolute Gasteiger partial charge is 0.345 e. The van der Waals surface area contributed by atoms with E-state index in [1.54, 1.807) is 0 Å². The third-order valence-electron chi connectivity index (χ3n) is 3.24. The Morgan fingerprint density at radius 1 is 0.955 bits per heavy atom. The number of nitrogens with zero attached hydrogens (tertiary/aromatic N) is 2. The number of aromatic nitrogens is 3. The van der Waals surface area contributed by atoms with Crippen molar-refractivity contribution >= 4 is 15.9 Å². The zero-order valence-corrected chi connectivity index (χ0v) is 13.1. The van der Waals surface area contributed by atoms with Crippen molar-refractivity contribution in [3.8, 4) is 11.1 Å². The highest BCUT2D eigenvalue weighted by molar-refractivity contribution is 9.10. The first kappa shape index (κ1) is 14.5. The van der Waals surface area contributed by atoms with Crippen molar-refractivity contribution in [2.24, 2.45) is 0 Å². The van der Waals surface area contributed by atoms with Crippen molar-refractivity contribution in [3.05, 3.63) is 85.6 Å². The number of aromatic amines is 1. The van der Waals surface area contributed by atoms with E-state index in [1.807, 2.05) is 54.6 Å². The van der Waals surface area contributed by atoms with Crippen molar-refractivity contribution in [2.75, 3.05) is 0 Å². The number of benzene rings is 2. The van der Waals surface area contributed by atoms with Crippen LogP contribution in [0.2, 0.25) is 0 Å². The summed E-state index contributed by atoms with van der Waals surface area (Å²) in [5.74, 6) is 0. The topological polar surface area (TPSA) is 67.8 Å². The van der Waals surface area contributed by atoms with E-state index in [4.69, 9.17) is 0 Å². The molecule has 1 N–H and O–H groups in total. The fourth-order valence-corrected chi connectivity index (χ4v) is 2.41. The Morgan fingerprint density at radius 3 is 2.27 bits per heavy atom. The van der Waals surface area contributed by atoms with Crippen molar-refractivity contribution in [1.29, 1.82) is 0 Å². The molecule has 6 heteroatoms. The van der Waals surface area contributed by atoms with E-state index in [1.165, 1.54) is 4.68 Å². The Bertz CT molecular complexity index is 899. The molecule has 0 aliphatic carbocycles. The molecule has 110 valence electrons. The first-order chi connectivity index (χ1) is 10.6. The lowest BCUT2D eigenvalue weighted by Crippen LogP contribution is -2.33. The minimum atomic E-state index is -0.527. The van der Waals surface area contributed by atoms with Crippen LogP contribution < -0.4 is 11.2 Å². The van der Waals surface area contributed by atoms with Gasteiger partial charge in [0.1, 0.15) is 0 Å².